The molecule has 0 saturated carbocycles. The van der Waals surface area contributed by atoms with E-state index in [1.807, 2.05) is 0 Å². The molecule has 0 radical (unpaired) electrons. The third kappa shape index (κ3) is 1.61. The van der Waals surface area contributed by atoms with Crippen molar-refractivity contribution in [3.8, 4) is 0 Å². The molecule has 0 aliphatic heterocycles. The molecule has 1 rings (SSSR count). The Morgan fingerprint density at radius 3 is 2.57 bits per heavy atom. The highest BCUT2D eigenvalue weighted by Crippen LogP contribution is 2.27. The van der Waals surface area contributed by atoms with Crippen molar-refractivity contribution < 1.29 is 23.1 Å². The van der Waals surface area contributed by atoms with Gasteiger partial charge in [0, 0.05) is 6.20 Å². The van der Waals surface area contributed by atoms with Gasteiger partial charge in [0.15, 0.2) is 11.6 Å². The Labute approximate surface area is 76.2 Å². The van der Waals surface area contributed by atoms with E-state index in [0.29, 0.717) is 6.20 Å². The number of hydrogen-bond acceptors (Lipinski definition) is 3. The molecule has 1 heterocycles. The van der Waals surface area contributed by atoms with Crippen LogP contribution in [-0.4, -0.2) is 16.1 Å². The number of carbonyl (C=O) groups is 1. The normalized spacial score (nSPS) is 10.6. The Balaban J connectivity index is 3.45. The van der Waals surface area contributed by atoms with Gasteiger partial charge in [-0.2, -0.15) is 0 Å². The zero-order chi connectivity index (χ0) is 10.9. The Morgan fingerprint density at radius 1 is 1.57 bits per heavy atom. The SMILES string of the molecule is Nc1ncc(C(=O)O)c(C(F)F)c1F. The summed E-state index contributed by atoms with van der Waals surface area (Å²) in [6, 6.07) is 0. The minimum absolute atomic E-state index is 0.599. The minimum atomic E-state index is -3.24. The maximum Gasteiger partial charge on any atom is 0.337 e. The molecular formula is C7H5F3N2O2. The van der Waals surface area contributed by atoms with Crippen LogP contribution in [0.1, 0.15) is 22.3 Å². The molecule has 0 spiro atoms. The van der Waals surface area contributed by atoms with E-state index in [0.717, 1.165) is 0 Å². The molecule has 1 aromatic heterocycles. The summed E-state index contributed by atoms with van der Waals surface area (Å²) in [7, 11) is 0. The lowest BCUT2D eigenvalue weighted by molar-refractivity contribution is 0.0681. The first-order valence-electron chi connectivity index (χ1n) is 3.40. The number of anilines is 1. The summed E-state index contributed by atoms with van der Waals surface area (Å²) < 4.78 is 37.4. The lowest BCUT2D eigenvalue weighted by Gasteiger charge is -2.06. The highest BCUT2D eigenvalue weighted by molar-refractivity contribution is 5.89. The number of hydrogen-bond donors (Lipinski definition) is 2. The van der Waals surface area contributed by atoms with Crippen LogP contribution in [0.4, 0.5) is 19.0 Å². The van der Waals surface area contributed by atoms with Gasteiger partial charge in [-0.15, -0.1) is 0 Å². The van der Waals surface area contributed by atoms with Gasteiger partial charge in [-0.1, -0.05) is 0 Å². The van der Waals surface area contributed by atoms with Gasteiger partial charge in [0.1, 0.15) is 0 Å². The quantitative estimate of drug-likeness (QED) is 0.767. The topological polar surface area (TPSA) is 76.2 Å². The molecule has 0 aromatic carbocycles. The summed E-state index contributed by atoms with van der Waals surface area (Å²) >= 11 is 0. The number of rotatable bonds is 2. The number of nitrogen functional groups attached to an aromatic ring is 1. The molecule has 0 aliphatic rings. The first kappa shape index (κ1) is 10.3. The average Bonchev–Trinajstić information content (AvgIpc) is 2.08. The zero-order valence-electron chi connectivity index (χ0n) is 6.67. The van der Waals surface area contributed by atoms with Gasteiger partial charge in [-0.25, -0.2) is 22.9 Å². The van der Waals surface area contributed by atoms with E-state index < -0.39 is 35.2 Å². The molecule has 0 aliphatic carbocycles. The Morgan fingerprint density at radius 2 is 2.14 bits per heavy atom. The van der Waals surface area contributed by atoms with E-state index in [1.165, 1.54) is 0 Å². The van der Waals surface area contributed by atoms with Gasteiger partial charge in [-0.05, 0) is 0 Å². The van der Waals surface area contributed by atoms with Crippen molar-refractivity contribution in [1.29, 1.82) is 0 Å². The standard InChI is InChI=1S/C7H5F3N2O2/c8-4-3(5(9)10)2(7(13)14)1-12-6(4)11/h1,5H,(H2,11,12)(H,13,14). The summed E-state index contributed by atoms with van der Waals surface area (Å²) in [5.41, 5.74) is 2.80. The Kier molecular flexibility index (Phi) is 2.59. The molecule has 7 heteroatoms. The highest BCUT2D eigenvalue weighted by Gasteiger charge is 2.24. The maximum atomic E-state index is 12.9. The van der Waals surface area contributed by atoms with E-state index in [4.69, 9.17) is 10.8 Å². The van der Waals surface area contributed by atoms with E-state index in [2.05, 4.69) is 4.98 Å². The molecule has 0 atom stereocenters. The first-order valence-corrected chi connectivity index (χ1v) is 3.40. The summed E-state index contributed by atoms with van der Waals surface area (Å²) in [4.78, 5) is 13.5. The van der Waals surface area contributed by atoms with Crippen LogP contribution in [-0.2, 0) is 0 Å². The van der Waals surface area contributed by atoms with E-state index in [1.54, 1.807) is 0 Å². The van der Waals surface area contributed by atoms with E-state index in [-0.39, 0.29) is 0 Å². The molecule has 0 amide bonds. The van der Waals surface area contributed by atoms with Crippen molar-refractivity contribution in [1.82, 2.24) is 4.98 Å². The fourth-order valence-electron chi connectivity index (χ4n) is 0.900. The second-order valence-corrected chi connectivity index (χ2v) is 2.39. The number of nitrogens with two attached hydrogens (primary N) is 1. The molecule has 0 saturated heterocycles. The minimum Gasteiger partial charge on any atom is -0.478 e. The van der Waals surface area contributed by atoms with E-state index >= 15 is 0 Å². The van der Waals surface area contributed by atoms with Crippen LogP contribution in [0.5, 0.6) is 0 Å². The largest absolute Gasteiger partial charge is 0.478 e. The summed E-state index contributed by atoms with van der Waals surface area (Å²) in [6.07, 6.45) is -2.64. The number of nitrogens with zero attached hydrogens (tertiary/aromatic N) is 1. The van der Waals surface area contributed by atoms with Crippen molar-refractivity contribution in [3.63, 3.8) is 0 Å². The van der Waals surface area contributed by atoms with Crippen molar-refractivity contribution >= 4 is 11.8 Å². The average molecular weight is 206 g/mol. The lowest BCUT2D eigenvalue weighted by atomic mass is 10.1. The van der Waals surface area contributed by atoms with Crippen LogP contribution < -0.4 is 5.73 Å². The smallest absolute Gasteiger partial charge is 0.337 e. The molecule has 0 bridgehead atoms. The monoisotopic (exact) mass is 206 g/mol. The fraction of sp³-hybridized carbons (Fsp3) is 0.143. The molecular weight excluding hydrogens is 201 g/mol. The van der Waals surface area contributed by atoms with Gasteiger partial charge in [0.25, 0.3) is 6.43 Å². The van der Waals surface area contributed by atoms with Gasteiger partial charge in [0.2, 0.25) is 0 Å². The van der Waals surface area contributed by atoms with Gasteiger partial charge in [0.05, 0.1) is 11.1 Å². The van der Waals surface area contributed by atoms with Crippen LogP contribution in [0, 0.1) is 5.82 Å². The second kappa shape index (κ2) is 3.52. The number of alkyl halides is 2. The number of aromatic carboxylic acids is 1. The Bertz CT molecular complexity index is 381. The summed E-state index contributed by atoms with van der Waals surface area (Å²) in [5.74, 6) is -3.91. The number of carboxylic acids is 1. The van der Waals surface area contributed by atoms with Crippen molar-refractivity contribution in [2.75, 3.05) is 5.73 Å². The van der Waals surface area contributed by atoms with Crippen LogP contribution in [0.2, 0.25) is 0 Å². The number of aromatic nitrogens is 1. The Hall–Kier alpha value is -1.79. The predicted molar refractivity (Wildman–Crippen MR) is 40.5 cm³/mol. The fourth-order valence-corrected chi connectivity index (χ4v) is 0.900. The predicted octanol–water partition coefficient (Wildman–Crippen LogP) is 1.44. The van der Waals surface area contributed by atoms with Crippen LogP contribution in [0.15, 0.2) is 6.20 Å². The molecule has 0 fully saturated rings. The van der Waals surface area contributed by atoms with E-state index in [9.17, 15) is 18.0 Å². The molecule has 4 nitrogen and oxygen atoms in total. The summed E-state index contributed by atoms with van der Waals surface area (Å²) in [5, 5.41) is 8.45. The second-order valence-electron chi connectivity index (χ2n) is 2.39. The summed E-state index contributed by atoms with van der Waals surface area (Å²) in [6.45, 7) is 0. The number of carboxylic acid groups (broad SMARTS) is 1. The lowest BCUT2D eigenvalue weighted by Crippen LogP contribution is -2.09. The van der Waals surface area contributed by atoms with Crippen molar-refractivity contribution in [2.24, 2.45) is 0 Å². The number of halogens is 3. The molecule has 14 heavy (non-hydrogen) atoms. The molecule has 1 aromatic rings. The van der Waals surface area contributed by atoms with Gasteiger partial charge in [-0.3, -0.25) is 0 Å². The third-order valence-electron chi connectivity index (χ3n) is 1.53. The maximum absolute atomic E-state index is 12.9. The van der Waals surface area contributed by atoms with Crippen molar-refractivity contribution in [3.05, 3.63) is 23.1 Å². The van der Waals surface area contributed by atoms with Gasteiger partial charge < -0.3 is 10.8 Å². The molecule has 3 N–H and O–H groups in total. The van der Waals surface area contributed by atoms with Crippen LogP contribution in [0.3, 0.4) is 0 Å². The first-order chi connectivity index (χ1) is 6.45. The number of pyridine rings is 1. The molecule has 0 unspecified atom stereocenters. The third-order valence-corrected chi connectivity index (χ3v) is 1.53. The zero-order valence-corrected chi connectivity index (χ0v) is 6.67. The highest BCUT2D eigenvalue weighted by atomic mass is 19.3. The van der Waals surface area contributed by atoms with Crippen LogP contribution >= 0.6 is 0 Å². The van der Waals surface area contributed by atoms with Gasteiger partial charge >= 0.3 is 5.97 Å². The van der Waals surface area contributed by atoms with Crippen molar-refractivity contribution in [2.45, 2.75) is 6.43 Å². The van der Waals surface area contributed by atoms with Crippen LogP contribution in [0.25, 0.3) is 0 Å². The molecule has 76 valence electrons.